The third-order valence-corrected chi connectivity index (χ3v) is 5.16. The number of benzene rings is 1. The minimum atomic E-state index is 0.570. The first-order valence-electron chi connectivity index (χ1n) is 5.17. The maximum absolute atomic E-state index is 5.83. The second-order valence-corrected chi connectivity index (χ2v) is 6.02. The molecule has 82 valence electrons. The van der Waals surface area contributed by atoms with Crippen LogP contribution in [0.5, 0.6) is 0 Å². The minimum Gasteiger partial charge on any atom is -0.179 e. The van der Waals surface area contributed by atoms with E-state index in [0.717, 1.165) is 16.5 Å². The van der Waals surface area contributed by atoms with Gasteiger partial charge in [-0.1, -0.05) is 23.7 Å². The Morgan fingerprint density at radius 2 is 1.93 bits per heavy atom. The van der Waals surface area contributed by atoms with Crippen molar-refractivity contribution >= 4 is 36.0 Å². The van der Waals surface area contributed by atoms with E-state index in [1.165, 1.54) is 24.2 Å². The molecule has 1 aromatic carbocycles. The molecule has 3 heteroatoms. The van der Waals surface area contributed by atoms with Crippen LogP contribution in [0, 0.1) is 5.41 Å². The highest BCUT2D eigenvalue weighted by molar-refractivity contribution is 7.98. The van der Waals surface area contributed by atoms with Gasteiger partial charge in [0.15, 0.2) is 0 Å². The van der Waals surface area contributed by atoms with Gasteiger partial charge < -0.3 is 0 Å². The van der Waals surface area contributed by atoms with Crippen molar-refractivity contribution in [1.82, 2.24) is 0 Å². The molecule has 1 aliphatic carbocycles. The Hall–Kier alpha value is 0.210. The summed E-state index contributed by atoms with van der Waals surface area (Å²) < 4.78 is 0. The molecule has 0 unspecified atom stereocenters. The van der Waals surface area contributed by atoms with E-state index in [-0.39, 0.29) is 0 Å². The highest BCUT2D eigenvalue weighted by Crippen LogP contribution is 2.49. The average molecular weight is 259 g/mol. The fourth-order valence-corrected chi connectivity index (χ4v) is 3.55. The first-order chi connectivity index (χ1) is 7.24. The van der Waals surface area contributed by atoms with E-state index in [9.17, 15) is 0 Å². The Balaban J connectivity index is 1.76. The van der Waals surface area contributed by atoms with Gasteiger partial charge in [0.2, 0.25) is 0 Å². The Kier molecular flexibility index (Phi) is 3.92. The third-order valence-electron chi connectivity index (χ3n) is 2.88. The summed E-state index contributed by atoms with van der Waals surface area (Å²) in [5, 5.41) is 0.817. The number of thioether (sulfide) groups is 1. The molecule has 0 aliphatic heterocycles. The smallest absolute Gasteiger partial charge is 0.0406 e. The molecule has 0 radical (unpaired) electrons. The molecule has 0 saturated heterocycles. The Morgan fingerprint density at radius 1 is 1.27 bits per heavy atom. The maximum atomic E-state index is 5.83. The Morgan fingerprint density at radius 3 is 2.47 bits per heavy atom. The molecule has 0 aromatic heterocycles. The van der Waals surface area contributed by atoms with E-state index in [1.54, 1.807) is 0 Å². The number of thiol groups is 1. The lowest BCUT2D eigenvalue weighted by atomic mass is 10.2. The molecular weight excluding hydrogens is 244 g/mol. The molecule has 0 heterocycles. The quantitative estimate of drug-likeness (QED) is 0.769. The molecule has 0 atom stereocenters. The van der Waals surface area contributed by atoms with Gasteiger partial charge in [-0.25, -0.2) is 0 Å². The molecule has 1 saturated carbocycles. The summed E-state index contributed by atoms with van der Waals surface area (Å²) in [7, 11) is 0. The Labute approximate surface area is 106 Å². The van der Waals surface area contributed by atoms with Gasteiger partial charge in [-0.3, -0.25) is 0 Å². The molecule has 0 N–H and O–H groups in total. The topological polar surface area (TPSA) is 0 Å². The van der Waals surface area contributed by atoms with E-state index in [1.807, 2.05) is 23.9 Å². The van der Waals surface area contributed by atoms with Crippen LogP contribution in [-0.4, -0.2) is 11.5 Å². The van der Waals surface area contributed by atoms with Crippen LogP contribution in [0.1, 0.15) is 18.4 Å². The SMILES string of the molecule is SCC1(CSCc2ccc(Cl)cc2)CC1. The van der Waals surface area contributed by atoms with E-state index in [2.05, 4.69) is 24.8 Å². The molecule has 0 nitrogen and oxygen atoms in total. The van der Waals surface area contributed by atoms with Crippen molar-refractivity contribution in [3.05, 3.63) is 34.9 Å². The molecule has 0 spiro atoms. The monoisotopic (exact) mass is 258 g/mol. The van der Waals surface area contributed by atoms with E-state index < -0.39 is 0 Å². The van der Waals surface area contributed by atoms with Crippen LogP contribution >= 0.6 is 36.0 Å². The van der Waals surface area contributed by atoms with Crippen LogP contribution in [0.25, 0.3) is 0 Å². The van der Waals surface area contributed by atoms with Gasteiger partial charge in [-0.05, 0) is 41.7 Å². The van der Waals surface area contributed by atoms with Gasteiger partial charge in [-0.15, -0.1) is 0 Å². The zero-order valence-electron chi connectivity index (χ0n) is 8.58. The predicted octanol–water partition coefficient (Wildman–Crippen LogP) is 4.28. The summed E-state index contributed by atoms with van der Waals surface area (Å²) in [5.41, 5.74) is 1.93. The van der Waals surface area contributed by atoms with Crippen molar-refractivity contribution in [2.75, 3.05) is 11.5 Å². The molecule has 0 bridgehead atoms. The van der Waals surface area contributed by atoms with Crippen LogP contribution in [0.4, 0.5) is 0 Å². The fourth-order valence-electron chi connectivity index (χ4n) is 1.49. The number of halogens is 1. The van der Waals surface area contributed by atoms with Crippen LogP contribution in [-0.2, 0) is 5.75 Å². The van der Waals surface area contributed by atoms with Gasteiger partial charge >= 0.3 is 0 Å². The minimum absolute atomic E-state index is 0.570. The number of rotatable bonds is 5. The highest BCUT2D eigenvalue weighted by atomic mass is 35.5. The maximum Gasteiger partial charge on any atom is 0.0406 e. The van der Waals surface area contributed by atoms with Crippen LogP contribution < -0.4 is 0 Å². The van der Waals surface area contributed by atoms with Gasteiger partial charge in [0.05, 0.1) is 0 Å². The van der Waals surface area contributed by atoms with Gasteiger partial charge in [0, 0.05) is 16.5 Å². The van der Waals surface area contributed by atoms with Crippen molar-refractivity contribution in [3.63, 3.8) is 0 Å². The lowest BCUT2D eigenvalue weighted by Crippen LogP contribution is -2.05. The lowest BCUT2D eigenvalue weighted by Gasteiger charge is -2.10. The summed E-state index contributed by atoms with van der Waals surface area (Å²) in [5.74, 6) is 3.38. The van der Waals surface area contributed by atoms with Crippen molar-refractivity contribution in [2.45, 2.75) is 18.6 Å². The summed E-state index contributed by atoms with van der Waals surface area (Å²) in [6, 6.07) is 8.14. The molecule has 1 aromatic rings. The highest BCUT2D eigenvalue weighted by Gasteiger charge is 2.40. The number of hydrogen-bond donors (Lipinski definition) is 1. The summed E-state index contributed by atoms with van der Waals surface area (Å²) in [4.78, 5) is 0. The van der Waals surface area contributed by atoms with Crippen molar-refractivity contribution in [1.29, 1.82) is 0 Å². The van der Waals surface area contributed by atoms with Crippen LogP contribution in [0.3, 0.4) is 0 Å². The first kappa shape index (κ1) is 11.7. The average Bonchev–Trinajstić information content (AvgIpc) is 3.02. The molecular formula is C12H15ClS2. The Bertz CT molecular complexity index is 317. The molecule has 1 aliphatic rings. The zero-order chi connectivity index (χ0) is 10.7. The van der Waals surface area contributed by atoms with Crippen molar-refractivity contribution in [3.8, 4) is 0 Å². The summed E-state index contributed by atoms with van der Waals surface area (Å²) in [6.07, 6.45) is 2.73. The van der Waals surface area contributed by atoms with Crippen LogP contribution in [0.15, 0.2) is 24.3 Å². The zero-order valence-corrected chi connectivity index (χ0v) is 11.0. The van der Waals surface area contributed by atoms with Crippen LogP contribution in [0.2, 0.25) is 5.02 Å². The second kappa shape index (κ2) is 5.03. The largest absolute Gasteiger partial charge is 0.179 e. The third kappa shape index (κ3) is 3.33. The van der Waals surface area contributed by atoms with E-state index in [0.29, 0.717) is 5.41 Å². The molecule has 1 fully saturated rings. The van der Waals surface area contributed by atoms with Crippen molar-refractivity contribution in [2.24, 2.45) is 5.41 Å². The normalized spacial score (nSPS) is 17.7. The van der Waals surface area contributed by atoms with E-state index in [4.69, 9.17) is 11.6 Å². The number of hydrogen-bond acceptors (Lipinski definition) is 2. The van der Waals surface area contributed by atoms with Gasteiger partial charge in [-0.2, -0.15) is 24.4 Å². The van der Waals surface area contributed by atoms with Crippen molar-refractivity contribution < 1.29 is 0 Å². The molecule has 0 amide bonds. The lowest BCUT2D eigenvalue weighted by molar-refractivity contribution is 0.683. The van der Waals surface area contributed by atoms with Gasteiger partial charge in [0.1, 0.15) is 0 Å². The second-order valence-electron chi connectivity index (χ2n) is 4.28. The van der Waals surface area contributed by atoms with E-state index >= 15 is 0 Å². The van der Waals surface area contributed by atoms with Gasteiger partial charge in [0.25, 0.3) is 0 Å². The summed E-state index contributed by atoms with van der Waals surface area (Å²) in [6.45, 7) is 0. The first-order valence-corrected chi connectivity index (χ1v) is 7.34. The summed E-state index contributed by atoms with van der Waals surface area (Å²) >= 11 is 12.3. The molecule has 15 heavy (non-hydrogen) atoms. The fraction of sp³-hybridized carbons (Fsp3) is 0.500. The predicted molar refractivity (Wildman–Crippen MR) is 73.1 cm³/mol. The molecule has 2 rings (SSSR count). The standard InChI is InChI=1S/C12H15ClS2/c13-11-3-1-10(2-4-11)7-15-9-12(8-14)5-6-12/h1-4,14H,5-9H2.